The van der Waals surface area contributed by atoms with E-state index in [9.17, 15) is 4.79 Å². The van der Waals surface area contributed by atoms with Crippen LogP contribution >= 0.6 is 27.3 Å². The first-order valence-electron chi connectivity index (χ1n) is 8.78. The second-order valence-electron chi connectivity index (χ2n) is 6.32. The number of thiophene rings is 1. The highest BCUT2D eigenvalue weighted by molar-refractivity contribution is 9.10. The first-order valence-corrected chi connectivity index (χ1v) is 10.4. The molecule has 2 heterocycles. The Bertz CT molecular complexity index is 1200. The lowest BCUT2D eigenvalue weighted by Crippen LogP contribution is -2.11. The minimum absolute atomic E-state index is 0.198. The predicted molar refractivity (Wildman–Crippen MR) is 119 cm³/mol. The van der Waals surface area contributed by atoms with Crippen LogP contribution in [0.4, 0.5) is 5.69 Å². The maximum atomic E-state index is 12.9. The Morgan fingerprint density at radius 1 is 1.10 bits per heavy atom. The number of anilines is 1. The molecule has 2 aromatic heterocycles. The van der Waals surface area contributed by atoms with Crippen LogP contribution in [-0.2, 0) is 0 Å². The van der Waals surface area contributed by atoms with E-state index in [1.807, 2.05) is 41.9 Å². The van der Waals surface area contributed by atoms with Crippen LogP contribution in [0.1, 0.15) is 15.4 Å². The smallest absolute Gasteiger partial charge is 0.265 e. The van der Waals surface area contributed by atoms with E-state index in [-0.39, 0.29) is 5.91 Å². The second-order valence-corrected chi connectivity index (χ2v) is 8.27. The van der Waals surface area contributed by atoms with E-state index in [2.05, 4.69) is 26.3 Å². The molecule has 4 rings (SSSR count). The monoisotopic (exact) mass is 471 g/mol. The molecule has 4 aromatic rings. The van der Waals surface area contributed by atoms with Crippen molar-refractivity contribution in [3.8, 4) is 17.2 Å². The number of halogens is 1. The molecule has 6 nitrogen and oxygen atoms in total. The van der Waals surface area contributed by atoms with Gasteiger partial charge < -0.3 is 14.8 Å². The van der Waals surface area contributed by atoms with Gasteiger partial charge in [-0.15, -0.1) is 11.3 Å². The third-order valence-corrected chi connectivity index (χ3v) is 6.13. The first kappa shape index (κ1) is 19.5. The third kappa shape index (κ3) is 3.73. The summed E-state index contributed by atoms with van der Waals surface area (Å²) in [5.74, 6) is 0.999. The Labute approximate surface area is 180 Å². The second kappa shape index (κ2) is 7.88. The highest BCUT2D eigenvalue weighted by Crippen LogP contribution is 2.33. The van der Waals surface area contributed by atoms with Crippen LogP contribution in [-0.4, -0.2) is 29.9 Å². The van der Waals surface area contributed by atoms with E-state index < -0.39 is 0 Å². The van der Waals surface area contributed by atoms with Crippen LogP contribution in [0.5, 0.6) is 11.5 Å². The molecular formula is C21H18BrN3O3S. The van der Waals surface area contributed by atoms with Gasteiger partial charge in [-0.2, -0.15) is 5.10 Å². The highest BCUT2D eigenvalue weighted by atomic mass is 79.9. The van der Waals surface area contributed by atoms with Gasteiger partial charge in [-0.25, -0.2) is 4.68 Å². The van der Waals surface area contributed by atoms with E-state index in [1.165, 1.54) is 11.3 Å². The summed E-state index contributed by atoms with van der Waals surface area (Å²) in [6, 6.07) is 15.1. The Morgan fingerprint density at radius 2 is 1.86 bits per heavy atom. The summed E-state index contributed by atoms with van der Waals surface area (Å²) in [4.78, 5) is 14.4. The zero-order valence-corrected chi connectivity index (χ0v) is 18.4. The fourth-order valence-corrected chi connectivity index (χ4v) is 4.34. The maximum absolute atomic E-state index is 12.9. The summed E-state index contributed by atoms with van der Waals surface area (Å²) < 4.78 is 13.4. The zero-order valence-electron chi connectivity index (χ0n) is 16.0. The number of nitrogens with zero attached hydrogens (tertiary/aromatic N) is 2. The summed E-state index contributed by atoms with van der Waals surface area (Å²) in [5.41, 5.74) is 2.40. The average Bonchev–Trinajstić information content (AvgIpc) is 3.30. The molecule has 0 radical (unpaired) electrons. The van der Waals surface area contributed by atoms with Crippen LogP contribution < -0.4 is 14.8 Å². The van der Waals surface area contributed by atoms with E-state index in [0.717, 1.165) is 26.1 Å². The fourth-order valence-electron chi connectivity index (χ4n) is 3.00. The van der Waals surface area contributed by atoms with E-state index in [0.29, 0.717) is 22.1 Å². The van der Waals surface area contributed by atoms with Crippen molar-refractivity contribution in [2.45, 2.75) is 6.92 Å². The first-order chi connectivity index (χ1) is 14.0. The molecule has 1 N–H and O–H groups in total. The number of ether oxygens (including phenoxy) is 2. The molecule has 0 spiro atoms. The number of carbonyl (C=O) groups excluding carboxylic acids is 1. The van der Waals surface area contributed by atoms with Crippen molar-refractivity contribution in [2.24, 2.45) is 0 Å². The number of fused-ring (bicyclic) bond motifs is 1. The number of carbonyl (C=O) groups is 1. The zero-order chi connectivity index (χ0) is 20.5. The van der Waals surface area contributed by atoms with Gasteiger partial charge in [0.05, 0.1) is 36.2 Å². The number of amides is 1. The van der Waals surface area contributed by atoms with Crippen molar-refractivity contribution in [1.82, 2.24) is 9.78 Å². The average molecular weight is 472 g/mol. The van der Waals surface area contributed by atoms with Gasteiger partial charge in [-0.3, -0.25) is 4.79 Å². The number of benzene rings is 2. The molecule has 0 aliphatic heterocycles. The number of nitrogens with one attached hydrogen (secondary N) is 1. The molecule has 0 aliphatic rings. The van der Waals surface area contributed by atoms with Crippen molar-refractivity contribution in [3.05, 3.63) is 63.6 Å². The highest BCUT2D eigenvalue weighted by Gasteiger charge is 2.18. The van der Waals surface area contributed by atoms with E-state index in [4.69, 9.17) is 9.47 Å². The fraction of sp³-hybridized carbons (Fsp3) is 0.143. The molecular weight excluding hydrogens is 454 g/mol. The Morgan fingerprint density at radius 3 is 2.55 bits per heavy atom. The standard InChI is InChI=1S/C21H18BrN3O3S/c1-12-16-11-19(20(26)23-17-9-8-15(27-2)10-18(17)28-3)29-21(16)25(24-12)14-6-4-13(22)5-7-14/h4-11H,1-3H3,(H,23,26). The summed E-state index contributed by atoms with van der Waals surface area (Å²) in [6.07, 6.45) is 0. The molecule has 148 valence electrons. The molecule has 0 saturated heterocycles. The Balaban J connectivity index is 1.67. The quantitative estimate of drug-likeness (QED) is 0.421. The van der Waals surface area contributed by atoms with Crippen molar-refractivity contribution in [3.63, 3.8) is 0 Å². The number of aryl methyl sites for hydroxylation is 1. The topological polar surface area (TPSA) is 65.4 Å². The molecule has 8 heteroatoms. The molecule has 29 heavy (non-hydrogen) atoms. The minimum atomic E-state index is -0.198. The van der Waals surface area contributed by atoms with E-state index in [1.54, 1.807) is 32.4 Å². The summed E-state index contributed by atoms with van der Waals surface area (Å²) in [5, 5.41) is 8.51. The lowest BCUT2D eigenvalue weighted by Gasteiger charge is -2.11. The molecule has 0 atom stereocenters. The molecule has 0 unspecified atom stereocenters. The number of aromatic nitrogens is 2. The van der Waals surface area contributed by atoms with E-state index >= 15 is 0 Å². The summed E-state index contributed by atoms with van der Waals surface area (Å²) in [6.45, 7) is 1.94. The van der Waals surface area contributed by atoms with Gasteiger partial charge in [0.15, 0.2) is 0 Å². The van der Waals surface area contributed by atoms with Crippen LogP contribution in [0, 0.1) is 6.92 Å². The van der Waals surface area contributed by atoms with Gasteiger partial charge in [-0.1, -0.05) is 15.9 Å². The van der Waals surface area contributed by atoms with Crippen LogP contribution in [0.25, 0.3) is 15.9 Å². The summed E-state index contributed by atoms with van der Waals surface area (Å²) >= 11 is 4.85. The number of hydrogen-bond donors (Lipinski definition) is 1. The summed E-state index contributed by atoms with van der Waals surface area (Å²) in [7, 11) is 3.14. The molecule has 0 saturated carbocycles. The van der Waals surface area contributed by atoms with Crippen molar-refractivity contribution >= 4 is 49.1 Å². The van der Waals surface area contributed by atoms with Crippen molar-refractivity contribution in [1.29, 1.82) is 0 Å². The number of methoxy groups -OCH3 is 2. The number of rotatable bonds is 5. The van der Waals surface area contributed by atoms with Gasteiger partial charge in [0.25, 0.3) is 5.91 Å². The van der Waals surface area contributed by atoms with Gasteiger partial charge in [0.1, 0.15) is 16.3 Å². The van der Waals surface area contributed by atoms with Crippen LogP contribution in [0.15, 0.2) is 53.0 Å². The Kier molecular flexibility index (Phi) is 5.29. The van der Waals surface area contributed by atoms with Gasteiger partial charge in [0, 0.05) is 15.9 Å². The minimum Gasteiger partial charge on any atom is -0.497 e. The molecule has 0 fully saturated rings. The van der Waals surface area contributed by atoms with Crippen molar-refractivity contribution in [2.75, 3.05) is 19.5 Å². The molecule has 1 amide bonds. The lowest BCUT2D eigenvalue weighted by atomic mass is 10.2. The Hall–Kier alpha value is -2.84. The number of hydrogen-bond acceptors (Lipinski definition) is 5. The van der Waals surface area contributed by atoms with Crippen LogP contribution in [0.2, 0.25) is 0 Å². The van der Waals surface area contributed by atoms with Crippen LogP contribution in [0.3, 0.4) is 0 Å². The molecule has 0 bridgehead atoms. The third-order valence-electron chi connectivity index (χ3n) is 4.50. The van der Waals surface area contributed by atoms with Gasteiger partial charge >= 0.3 is 0 Å². The SMILES string of the molecule is COc1ccc(NC(=O)c2cc3c(C)nn(-c4ccc(Br)cc4)c3s2)c(OC)c1. The largest absolute Gasteiger partial charge is 0.497 e. The normalized spacial score (nSPS) is 10.9. The van der Waals surface area contributed by atoms with Gasteiger partial charge in [0.2, 0.25) is 0 Å². The molecule has 0 aliphatic carbocycles. The van der Waals surface area contributed by atoms with Crippen molar-refractivity contribution < 1.29 is 14.3 Å². The maximum Gasteiger partial charge on any atom is 0.265 e. The molecule has 2 aromatic carbocycles. The van der Waals surface area contributed by atoms with Gasteiger partial charge in [-0.05, 0) is 49.4 Å². The predicted octanol–water partition coefficient (Wildman–Crippen LogP) is 5.43. The lowest BCUT2D eigenvalue weighted by molar-refractivity contribution is 0.103.